The first-order valence-corrected chi connectivity index (χ1v) is 5.08. The number of carbonyl (C=O) groups excluding carboxylic acids is 1. The summed E-state index contributed by atoms with van der Waals surface area (Å²) in [5, 5.41) is 11.6. The Morgan fingerprint density at radius 1 is 1.79 bits per heavy atom. The number of hydrogen-bond acceptors (Lipinski definition) is 2. The lowest BCUT2D eigenvalue weighted by Gasteiger charge is -2.07. The Balaban J connectivity index is 2.65. The Morgan fingerprint density at radius 2 is 2.43 bits per heavy atom. The number of aliphatic hydroxyl groups is 1. The van der Waals surface area contributed by atoms with Crippen LogP contribution in [0.2, 0.25) is 0 Å². The van der Waals surface area contributed by atoms with Crippen LogP contribution in [0, 0.1) is 0 Å². The molecule has 2 N–H and O–H groups in total. The second-order valence-electron chi connectivity index (χ2n) is 3.21. The van der Waals surface area contributed by atoms with E-state index in [1.807, 2.05) is 0 Å². The monoisotopic (exact) mass is 260 g/mol. The summed E-state index contributed by atoms with van der Waals surface area (Å²) in [4.78, 5) is 11.5. The molecule has 0 aromatic carbocycles. The van der Waals surface area contributed by atoms with Crippen molar-refractivity contribution in [2.75, 3.05) is 6.54 Å². The Labute approximate surface area is 91.0 Å². The van der Waals surface area contributed by atoms with Gasteiger partial charge in [0, 0.05) is 24.3 Å². The van der Waals surface area contributed by atoms with Crippen LogP contribution >= 0.6 is 15.9 Å². The molecule has 0 fully saturated rings. The van der Waals surface area contributed by atoms with Crippen molar-refractivity contribution >= 4 is 21.8 Å². The maximum absolute atomic E-state index is 11.5. The maximum Gasteiger partial charge on any atom is 0.268 e. The molecular weight excluding hydrogens is 248 g/mol. The van der Waals surface area contributed by atoms with Gasteiger partial charge < -0.3 is 15.0 Å². The lowest BCUT2D eigenvalue weighted by atomic mass is 10.3. The van der Waals surface area contributed by atoms with Gasteiger partial charge in [0.25, 0.3) is 5.91 Å². The van der Waals surface area contributed by atoms with E-state index in [2.05, 4.69) is 21.2 Å². The number of aryl methyl sites for hydroxylation is 1. The summed E-state index contributed by atoms with van der Waals surface area (Å²) >= 11 is 3.28. The van der Waals surface area contributed by atoms with E-state index >= 15 is 0 Å². The summed E-state index contributed by atoms with van der Waals surface area (Å²) in [7, 11) is 1.79. The van der Waals surface area contributed by atoms with Gasteiger partial charge in [-0.25, -0.2) is 0 Å². The Morgan fingerprint density at radius 3 is 2.86 bits per heavy atom. The number of aliphatic hydroxyl groups excluding tert-OH is 1. The number of amides is 1. The molecule has 5 heteroatoms. The SMILES string of the molecule is C[C@@H](O)CNC(=O)c1cc(Br)cn1C. The van der Waals surface area contributed by atoms with E-state index in [-0.39, 0.29) is 12.5 Å². The van der Waals surface area contributed by atoms with Crippen molar-refractivity contribution in [2.24, 2.45) is 7.05 Å². The summed E-state index contributed by atoms with van der Waals surface area (Å²) in [5.74, 6) is -0.181. The van der Waals surface area contributed by atoms with Crippen molar-refractivity contribution in [3.05, 3.63) is 22.4 Å². The van der Waals surface area contributed by atoms with Gasteiger partial charge in [-0.15, -0.1) is 0 Å². The summed E-state index contributed by atoms with van der Waals surface area (Å²) in [6.07, 6.45) is 1.28. The van der Waals surface area contributed by atoms with Crippen molar-refractivity contribution in [1.29, 1.82) is 0 Å². The van der Waals surface area contributed by atoms with Crippen molar-refractivity contribution in [3.63, 3.8) is 0 Å². The average Bonchev–Trinajstić information content (AvgIpc) is 2.41. The first-order valence-electron chi connectivity index (χ1n) is 4.29. The number of aromatic nitrogens is 1. The molecule has 0 saturated heterocycles. The van der Waals surface area contributed by atoms with Crippen molar-refractivity contribution in [3.8, 4) is 0 Å². The number of nitrogens with zero attached hydrogens (tertiary/aromatic N) is 1. The highest BCUT2D eigenvalue weighted by Crippen LogP contribution is 2.13. The fraction of sp³-hybridized carbons (Fsp3) is 0.444. The molecule has 1 atom stereocenters. The maximum atomic E-state index is 11.5. The van der Waals surface area contributed by atoms with E-state index in [0.29, 0.717) is 5.69 Å². The Kier molecular flexibility index (Phi) is 3.71. The number of halogens is 1. The minimum Gasteiger partial charge on any atom is -0.392 e. The van der Waals surface area contributed by atoms with Gasteiger partial charge in [0.15, 0.2) is 0 Å². The third-order valence-electron chi connectivity index (χ3n) is 1.76. The van der Waals surface area contributed by atoms with E-state index in [1.165, 1.54) is 0 Å². The van der Waals surface area contributed by atoms with Crippen molar-refractivity contribution < 1.29 is 9.90 Å². The predicted octanol–water partition coefficient (Wildman–Crippen LogP) is 0.898. The molecule has 0 unspecified atom stereocenters. The van der Waals surface area contributed by atoms with Crippen LogP contribution in [0.1, 0.15) is 17.4 Å². The van der Waals surface area contributed by atoms with Gasteiger partial charge in [0.2, 0.25) is 0 Å². The molecule has 1 heterocycles. The van der Waals surface area contributed by atoms with Crippen molar-refractivity contribution in [1.82, 2.24) is 9.88 Å². The van der Waals surface area contributed by atoms with Crippen LogP contribution in [0.25, 0.3) is 0 Å². The minimum absolute atomic E-state index is 0.181. The highest BCUT2D eigenvalue weighted by molar-refractivity contribution is 9.10. The number of carbonyl (C=O) groups is 1. The number of hydrogen-bond donors (Lipinski definition) is 2. The van der Waals surface area contributed by atoms with Gasteiger partial charge >= 0.3 is 0 Å². The third kappa shape index (κ3) is 2.85. The van der Waals surface area contributed by atoms with Gasteiger partial charge in [-0.2, -0.15) is 0 Å². The number of rotatable bonds is 3. The van der Waals surface area contributed by atoms with Gasteiger partial charge in [0.1, 0.15) is 5.69 Å². The van der Waals surface area contributed by atoms with Crippen LogP contribution in [0.3, 0.4) is 0 Å². The van der Waals surface area contributed by atoms with E-state index in [9.17, 15) is 4.79 Å². The zero-order chi connectivity index (χ0) is 10.7. The van der Waals surface area contributed by atoms with E-state index in [4.69, 9.17) is 5.11 Å². The minimum atomic E-state index is -0.525. The molecule has 1 aromatic rings. The summed E-state index contributed by atoms with van der Waals surface area (Å²) in [6, 6.07) is 1.73. The van der Waals surface area contributed by atoms with E-state index in [1.54, 1.807) is 30.8 Å². The smallest absolute Gasteiger partial charge is 0.268 e. The van der Waals surface area contributed by atoms with Crippen LogP contribution in [-0.4, -0.2) is 28.2 Å². The summed E-state index contributed by atoms with van der Waals surface area (Å²) in [5.41, 5.74) is 0.567. The quantitative estimate of drug-likeness (QED) is 0.849. The van der Waals surface area contributed by atoms with Gasteiger partial charge in [0.05, 0.1) is 6.10 Å². The zero-order valence-electron chi connectivity index (χ0n) is 8.12. The summed E-state index contributed by atoms with van der Waals surface area (Å²) in [6.45, 7) is 1.89. The van der Waals surface area contributed by atoms with Crippen molar-refractivity contribution in [2.45, 2.75) is 13.0 Å². The highest BCUT2D eigenvalue weighted by Gasteiger charge is 2.10. The van der Waals surface area contributed by atoms with Crippen LogP contribution < -0.4 is 5.32 Å². The molecule has 14 heavy (non-hydrogen) atoms. The van der Waals surface area contributed by atoms with E-state index in [0.717, 1.165) is 4.47 Å². The molecule has 1 rings (SSSR count). The fourth-order valence-electron chi connectivity index (χ4n) is 1.08. The molecule has 4 nitrogen and oxygen atoms in total. The zero-order valence-corrected chi connectivity index (χ0v) is 9.71. The molecule has 0 spiro atoms. The molecular formula is C9H13BrN2O2. The second-order valence-corrected chi connectivity index (χ2v) is 4.13. The van der Waals surface area contributed by atoms with Gasteiger partial charge in [-0.05, 0) is 28.9 Å². The lowest BCUT2D eigenvalue weighted by Crippen LogP contribution is -2.31. The molecule has 0 bridgehead atoms. The topological polar surface area (TPSA) is 54.3 Å². The molecule has 0 saturated carbocycles. The van der Waals surface area contributed by atoms with Gasteiger partial charge in [-0.3, -0.25) is 4.79 Å². The van der Waals surface area contributed by atoms with Crippen LogP contribution in [-0.2, 0) is 7.05 Å². The highest BCUT2D eigenvalue weighted by atomic mass is 79.9. The Hall–Kier alpha value is -0.810. The third-order valence-corrected chi connectivity index (χ3v) is 2.20. The van der Waals surface area contributed by atoms with E-state index < -0.39 is 6.10 Å². The molecule has 0 radical (unpaired) electrons. The standard InChI is InChI=1S/C9H13BrN2O2/c1-6(13)4-11-9(14)8-3-7(10)5-12(8)2/h3,5-6,13H,4H2,1-2H3,(H,11,14)/t6-/m1/s1. The largest absolute Gasteiger partial charge is 0.392 e. The Bertz CT molecular complexity index is 334. The molecule has 0 aliphatic heterocycles. The fourth-order valence-corrected chi connectivity index (χ4v) is 1.60. The molecule has 1 aromatic heterocycles. The molecule has 1 amide bonds. The lowest BCUT2D eigenvalue weighted by molar-refractivity contribution is 0.0916. The first-order chi connectivity index (χ1) is 6.50. The average molecular weight is 261 g/mol. The molecule has 78 valence electrons. The predicted molar refractivity (Wildman–Crippen MR) is 57.1 cm³/mol. The van der Waals surface area contributed by atoms with Crippen LogP contribution in [0.4, 0.5) is 0 Å². The molecule has 0 aliphatic carbocycles. The number of nitrogens with one attached hydrogen (secondary N) is 1. The van der Waals surface area contributed by atoms with Gasteiger partial charge in [-0.1, -0.05) is 0 Å². The second kappa shape index (κ2) is 4.61. The summed E-state index contributed by atoms with van der Waals surface area (Å²) < 4.78 is 2.59. The first kappa shape index (κ1) is 11.3. The van der Waals surface area contributed by atoms with Crippen LogP contribution in [0.15, 0.2) is 16.7 Å². The normalized spacial score (nSPS) is 12.6. The molecule has 0 aliphatic rings. The van der Waals surface area contributed by atoms with Crippen LogP contribution in [0.5, 0.6) is 0 Å².